The monoisotopic (exact) mass is 807 g/mol. The van der Waals surface area contributed by atoms with Crippen LogP contribution in [0.5, 0.6) is 11.5 Å². The van der Waals surface area contributed by atoms with Crippen molar-refractivity contribution >= 4 is 56.7 Å². The predicted octanol–water partition coefficient (Wildman–Crippen LogP) is 12.2. The number of anilines is 3. The van der Waals surface area contributed by atoms with Crippen LogP contribution in [0.25, 0.3) is 21.9 Å². The summed E-state index contributed by atoms with van der Waals surface area (Å²) < 4.78 is 7.17. The molecule has 0 atom stereocenters. The standard InChI is InChI=1S/C59H41NOSi/c1-4-19-42(20-5-1)43-35-37-45(38-36-43)60(54-31-18-22-44-21-10-11-27-49(44)54)46-39-40-51-56(41-46)61-55-32-15-12-28-50(55)59(51)52-29-13-16-33-57(52)62(47-23-6-2-7-24-47,48-25-8-3-9-26-48)58-34-17-14-30-53(58)59/h1-41H. The minimum atomic E-state index is -2.85. The second-order valence-corrected chi connectivity index (χ2v) is 20.1. The first-order valence-corrected chi connectivity index (χ1v) is 23.4. The van der Waals surface area contributed by atoms with Crippen molar-refractivity contribution in [3.05, 3.63) is 271 Å². The molecule has 2 nitrogen and oxygen atoms in total. The van der Waals surface area contributed by atoms with E-state index in [0.29, 0.717) is 0 Å². The fourth-order valence-electron chi connectivity index (χ4n) is 10.7. The number of ether oxygens (including phenoxy) is 1. The lowest BCUT2D eigenvalue weighted by atomic mass is 9.63. The Morgan fingerprint density at radius 2 is 0.855 bits per heavy atom. The van der Waals surface area contributed by atoms with Gasteiger partial charge in [-0.15, -0.1) is 0 Å². The van der Waals surface area contributed by atoms with E-state index in [-0.39, 0.29) is 0 Å². The summed E-state index contributed by atoms with van der Waals surface area (Å²) in [5, 5.41) is 7.93. The second-order valence-electron chi connectivity index (χ2n) is 16.3. The van der Waals surface area contributed by atoms with Crippen LogP contribution in [-0.4, -0.2) is 8.07 Å². The Labute approximate surface area is 363 Å². The van der Waals surface area contributed by atoms with Crippen LogP contribution in [0.15, 0.2) is 249 Å². The van der Waals surface area contributed by atoms with Crippen molar-refractivity contribution in [3.63, 3.8) is 0 Å². The van der Waals surface area contributed by atoms with E-state index in [1.807, 2.05) is 0 Å². The van der Waals surface area contributed by atoms with Crippen molar-refractivity contribution in [2.75, 3.05) is 4.90 Å². The molecule has 2 aliphatic heterocycles. The average Bonchev–Trinajstić information content (AvgIpc) is 3.35. The van der Waals surface area contributed by atoms with Crippen LogP contribution in [0, 0.1) is 0 Å². The smallest absolute Gasteiger partial charge is 0.180 e. The molecule has 0 fully saturated rings. The van der Waals surface area contributed by atoms with Gasteiger partial charge in [0.1, 0.15) is 11.5 Å². The molecule has 0 aromatic heterocycles. The molecule has 0 saturated heterocycles. The fourth-order valence-corrected chi connectivity index (χ4v) is 16.0. The summed E-state index contributed by atoms with van der Waals surface area (Å²) in [6.45, 7) is 0. The highest BCUT2D eigenvalue weighted by molar-refractivity contribution is 7.20. The molecule has 0 radical (unpaired) electrons. The number of nitrogens with zero attached hydrogens (tertiary/aromatic N) is 1. The van der Waals surface area contributed by atoms with Gasteiger partial charge in [-0.25, -0.2) is 0 Å². The zero-order valence-electron chi connectivity index (χ0n) is 34.0. The molecule has 12 rings (SSSR count). The van der Waals surface area contributed by atoms with Crippen molar-refractivity contribution in [2.24, 2.45) is 0 Å². The quantitative estimate of drug-likeness (QED) is 0.155. The van der Waals surface area contributed by atoms with Crippen molar-refractivity contribution in [1.82, 2.24) is 0 Å². The summed E-state index contributed by atoms with van der Waals surface area (Å²) in [4.78, 5) is 2.39. The Bertz CT molecular complexity index is 3180. The van der Waals surface area contributed by atoms with Crippen molar-refractivity contribution in [2.45, 2.75) is 5.41 Å². The Kier molecular flexibility index (Phi) is 8.44. The number of benzene rings is 10. The molecule has 0 bridgehead atoms. The van der Waals surface area contributed by atoms with Crippen LogP contribution in [0.3, 0.4) is 0 Å². The molecule has 0 amide bonds. The number of rotatable bonds is 6. The van der Waals surface area contributed by atoms with Crippen molar-refractivity contribution in [1.29, 1.82) is 0 Å². The topological polar surface area (TPSA) is 12.5 Å². The largest absolute Gasteiger partial charge is 0.457 e. The number of hydrogen-bond donors (Lipinski definition) is 0. The van der Waals surface area contributed by atoms with Crippen LogP contribution in [0.4, 0.5) is 17.1 Å². The molecule has 0 aliphatic carbocycles. The van der Waals surface area contributed by atoms with Gasteiger partial charge in [0.25, 0.3) is 0 Å². The van der Waals surface area contributed by atoms with Gasteiger partial charge in [0, 0.05) is 34.0 Å². The molecule has 2 aliphatic rings. The normalized spacial score (nSPS) is 13.9. The molecule has 62 heavy (non-hydrogen) atoms. The van der Waals surface area contributed by atoms with E-state index in [1.54, 1.807) is 0 Å². The van der Waals surface area contributed by atoms with E-state index < -0.39 is 13.5 Å². The van der Waals surface area contributed by atoms with E-state index in [2.05, 4.69) is 254 Å². The van der Waals surface area contributed by atoms with Crippen molar-refractivity contribution in [3.8, 4) is 22.6 Å². The first-order valence-electron chi connectivity index (χ1n) is 21.4. The maximum atomic E-state index is 7.17. The third-order valence-corrected chi connectivity index (χ3v) is 18.1. The molecular formula is C59H41NOSi. The van der Waals surface area contributed by atoms with E-state index in [1.165, 1.54) is 53.8 Å². The predicted molar refractivity (Wildman–Crippen MR) is 260 cm³/mol. The van der Waals surface area contributed by atoms with Gasteiger partial charge in [-0.3, -0.25) is 0 Å². The fraction of sp³-hybridized carbons (Fsp3) is 0.0169. The van der Waals surface area contributed by atoms with Crippen LogP contribution >= 0.6 is 0 Å². The lowest BCUT2D eigenvalue weighted by molar-refractivity contribution is 0.435. The average molecular weight is 808 g/mol. The summed E-state index contributed by atoms with van der Waals surface area (Å²) in [5.41, 5.74) is 9.84. The molecule has 10 aromatic rings. The minimum Gasteiger partial charge on any atom is -0.457 e. The third kappa shape index (κ3) is 5.28. The van der Waals surface area contributed by atoms with Crippen LogP contribution in [0.1, 0.15) is 22.3 Å². The Balaban J connectivity index is 1.13. The third-order valence-electron chi connectivity index (χ3n) is 13.3. The van der Waals surface area contributed by atoms with Crippen LogP contribution in [-0.2, 0) is 5.41 Å². The van der Waals surface area contributed by atoms with E-state index >= 15 is 0 Å². The molecule has 0 unspecified atom stereocenters. The minimum absolute atomic E-state index is 0.655. The first-order chi connectivity index (χ1) is 30.8. The molecule has 2 heterocycles. The highest BCUT2D eigenvalue weighted by atomic mass is 28.3. The van der Waals surface area contributed by atoms with Gasteiger partial charge < -0.3 is 9.64 Å². The van der Waals surface area contributed by atoms with Gasteiger partial charge in [-0.2, -0.15) is 0 Å². The molecule has 0 saturated carbocycles. The van der Waals surface area contributed by atoms with Gasteiger partial charge in [-0.05, 0) is 78.7 Å². The number of fused-ring (bicyclic) bond motifs is 9. The maximum Gasteiger partial charge on any atom is 0.180 e. The molecule has 1 spiro atoms. The maximum absolute atomic E-state index is 7.17. The first kappa shape index (κ1) is 36.2. The Hall–Kier alpha value is -7.72. The van der Waals surface area contributed by atoms with Crippen LogP contribution < -0.4 is 30.4 Å². The SMILES string of the molecule is c1ccc(-c2ccc(N(c3ccc4c(c3)Oc3ccccc3C43c4ccccc4[Si](c4ccccc4)(c4ccccc4)c4ccccc43)c3cccc4ccccc34)cc2)cc1. The number of para-hydroxylation sites is 1. The number of hydrogen-bond acceptors (Lipinski definition) is 2. The zero-order chi connectivity index (χ0) is 41.1. The van der Waals surface area contributed by atoms with Crippen molar-refractivity contribution < 1.29 is 4.74 Å². The van der Waals surface area contributed by atoms with Gasteiger partial charge >= 0.3 is 0 Å². The molecule has 10 aromatic carbocycles. The van der Waals surface area contributed by atoms with E-state index in [9.17, 15) is 0 Å². The summed E-state index contributed by atoms with van der Waals surface area (Å²) in [6.07, 6.45) is 0. The van der Waals surface area contributed by atoms with Gasteiger partial charge in [0.15, 0.2) is 8.07 Å². The highest BCUT2D eigenvalue weighted by Crippen LogP contribution is 2.57. The lowest BCUT2D eigenvalue weighted by Crippen LogP contribution is -2.79. The summed E-state index contributed by atoms with van der Waals surface area (Å²) >= 11 is 0. The molecular weight excluding hydrogens is 767 g/mol. The zero-order valence-corrected chi connectivity index (χ0v) is 35.0. The Morgan fingerprint density at radius 3 is 1.53 bits per heavy atom. The summed E-state index contributed by atoms with van der Waals surface area (Å²) in [6, 6.07) is 91.6. The molecule has 0 N–H and O–H groups in total. The summed E-state index contributed by atoms with van der Waals surface area (Å²) in [7, 11) is -2.85. The summed E-state index contributed by atoms with van der Waals surface area (Å²) in [5.74, 6) is 1.73. The molecule has 292 valence electrons. The Morgan fingerprint density at radius 1 is 0.355 bits per heavy atom. The second kappa shape index (κ2) is 14.5. The van der Waals surface area contributed by atoms with Gasteiger partial charge in [0.2, 0.25) is 0 Å². The van der Waals surface area contributed by atoms with Gasteiger partial charge in [0.05, 0.1) is 11.1 Å². The molecule has 3 heteroatoms. The van der Waals surface area contributed by atoms with Gasteiger partial charge in [-0.1, -0.05) is 212 Å². The lowest BCUT2D eigenvalue weighted by Gasteiger charge is -2.51. The van der Waals surface area contributed by atoms with E-state index in [4.69, 9.17) is 4.74 Å². The highest BCUT2D eigenvalue weighted by Gasteiger charge is 2.57. The van der Waals surface area contributed by atoms with E-state index in [0.717, 1.165) is 39.7 Å². The van der Waals surface area contributed by atoms with Crippen LogP contribution in [0.2, 0.25) is 0 Å².